The molecule has 1 saturated carbocycles. The van der Waals surface area contributed by atoms with Crippen LogP contribution in [0.15, 0.2) is 89.9 Å². The molecule has 1 unspecified atom stereocenters. The Balaban J connectivity index is 1.01. The normalized spacial score (nSPS) is 23.5. The molecule has 1 spiro atoms. The number of nitrogens with one attached hydrogen (secondary N) is 3. The molecule has 4 aliphatic rings. The lowest BCUT2D eigenvalue weighted by atomic mass is 9.96. The first-order valence-electron chi connectivity index (χ1n) is 21.6. The maximum atomic E-state index is 16.7. The Morgan fingerprint density at radius 3 is 2.45 bits per heavy atom. The van der Waals surface area contributed by atoms with Gasteiger partial charge in [-0.05, 0) is 111 Å². The molecule has 16 heteroatoms. The van der Waals surface area contributed by atoms with Crippen LogP contribution in [0, 0.1) is 0 Å². The molecule has 3 amide bonds. The van der Waals surface area contributed by atoms with Crippen molar-refractivity contribution in [2.24, 2.45) is 0 Å². The zero-order valence-corrected chi connectivity index (χ0v) is 35.7. The minimum atomic E-state index is -5.25. The van der Waals surface area contributed by atoms with Gasteiger partial charge in [-0.25, -0.2) is 5.09 Å². The average Bonchev–Trinajstić information content (AvgIpc) is 3.75. The number of fused-ring (bicyclic) bond motifs is 2. The van der Waals surface area contributed by atoms with E-state index in [4.69, 9.17) is 9.26 Å². The van der Waals surface area contributed by atoms with Crippen molar-refractivity contribution in [2.75, 3.05) is 13.2 Å². The summed E-state index contributed by atoms with van der Waals surface area (Å²) < 4.78 is 58.3. The van der Waals surface area contributed by atoms with Crippen LogP contribution >= 0.6 is 7.52 Å². The van der Waals surface area contributed by atoms with Crippen molar-refractivity contribution < 1.29 is 41.8 Å². The minimum absolute atomic E-state index is 0.0221. The van der Waals surface area contributed by atoms with Crippen LogP contribution in [0.25, 0.3) is 10.8 Å². The fourth-order valence-electron chi connectivity index (χ4n) is 9.43. The van der Waals surface area contributed by atoms with E-state index in [1.807, 2.05) is 11.0 Å². The van der Waals surface area contributed by atoms with E-state index in [1.165, 1.54) is 43.3 Å². The van der Waals surface area contributed by atoms with Gasteiger partial charge in [-0.1, -0.05) is 56.2 Å². The number of aromatic nitrogens is 1. The number of nitrogens with zero attached hydrogens (tertiary/aromatic N) is 2. The lowest BCUT2D eigenvalue weighted by Gasteiger charge is -2.37. The van der Waals surface area contributed by atoms with E-state index in [2.05, 4.69) is 15.4 Å². The first-order valence-corrected chi connectivity index (χ1v) is 23.2. The number of pyridine rings is 1. The molecule has 3 aliphatic heterocycles. The Kier molecular flexibility index (Phi) is 12.1. The van der Waals surface area contributed by atoms with E-state index in [-0.39, 0.29) is 58.2 Å². The van der Waals surface area contributed by atoms with Crippen molar-refractivity contribution in [3.8, 4) is 5.75 Å². The lowest BCUT2D eigenvalue weighted by molar-refractivity contribution is -0.148. The van der Waals surface area contributed by atoms with Crippen LogP contribution < -0.4 is 20.5 Å². The molecular formula is C46H52F2N5O8P. The number of benzene rings is 3. The monoisotopic (exact) mass is 871 g/mol. The number of rotatable bonds is 13. The highest BCUT2D eigenvalue weighted by molar-refractivity contribution is 7.58. The number of ether oxygens (including phenoxy) is 1. The standard InChI is InChI=1S/C46H52F2N5O8P/c1-3-23-60-44(58)29(2)51-62(59,61-37-10-5-4-6-11-37)46(47,48)35-16-15-30-13-14-32(24-33(30)25-35)41(55)50-38-12-8-7-9-36-17-18-39(53(36)42(38)56)43(57)52-28-34(27-45(52)20-21-45)31-19-22-49-40(54)26-31/h4-6,10-11,13-16,19,22,24-26,29,34,36,38-39H,3,7-9,12,17-18,20-21,23,27-28H2,1-2H3,(H,49,54)(H,50,55)(H,51,59)/t29-,34-,36-,38-,39-,62?/m0/s1. The molecule has 6 atom stereocenters. The lowest BCUT2D eigenvalue weighted by Crippen LogP contribution is -2.57. The molecule has 328 valence electrons. The molecule has 3 N–H and O–H groups in total. The molecular weight excluding hydrogens is 820 g/mol. The summed E-state index contributed by atoms with van der Waals surface area (Å²) in [5.74, 6) is -1.93. The van der Waals surface area contributed by atoms with E-state index in [9.17, 15) is 28.5 Å². The first kappa shape index (κ1) is 43.3. The zero-order chi connectivity index (χ0) is 43.8. The Labute approximate surface area is 358 Å². The number of hydrogen-bond donors (Lipinski definition) is 3. The second-order valence-corrected chi connectivity index (χ2v) is 19.3. The molecule has 62 heavy (non-hydrogen) atoms. The van der Waals surface area contributed by atoms with Crippen molar-refractivity contribution in [1.29, 1.82) is 0 Å². The van der Waals surface area contributed by atoms with Gasteiger partial charge in [-0.2, -0.15) is 8.78 Å². The summed E-state index contributed by atoms with van der Waals surface area (Å²) in [4.78, 5) is 74.0. The first-order chi connectivity index (χ1) is 29.7. The number of para-hydroxylation sites is 1. The summed E-state index contributed by atoms with van der Waals surface area (Å²) in [6.07, 6.45) is 8.48. The molecule has 0 bridgehead atoms. The topological polar surface area (TPSA) is 167 Å². The largest absolute Gasteiger partial charge is 0.465 e. The van der Waals surface area contributed by atoms with Crippen LogP contribution in [-0.4, -0.2) is 81.3 Å². The van der Waals surface area contributed by atoms with Crippen LogP contribution in [-0.2, 0) is 29.3 Å². The van der Waals surface area contributed by atoms with Gasteiger partial charge in [0, 0.05) is 47.4 Å². The van der Waals surface area contributed by atoms with Gasteiger partial charge >= 0.3 is 19.2 Å². The fourth-order valence-corrected chi connectivity index (χ4v) is 11.3. The third-order valence-electron chi connectivity index (χ3n) is 12.9. The number of H-pyrrole nitrogens is 1. The molecule has 3 saturated heterocycles. The van der Waals surface area contributed by atoms with Crippen molar-refractivity contribution in [3.63, 3.8) is 0 Å². The maximum absolute atomic E-state index is 16.7. The van der Waals surface area contributed by atoms with Gasteiger partial charge in [-0.3, -0.25) is 28.5 Å². The molecule has 4 heterocycles. The van der Waals surface area contributed by atoms with Crippen LogP contribution in [0.5, 0.6) is 5.75 Å². The smallest absolute Gasteiger partial charge is 0.390 e. The predicted molar refractivity (Wildman–Crippen MR) is 228 cm³/mol. The third kappa shape index (κ3) is 8.53. The SMILES string of the molecule is CCCOC(=O)[C@H](C)NP(=O)(Oc1ccccc1)C(F)(F)c1ccc2ccc(C(=O)N[C@H]3CCCC[C@H]4CC[C@@H](C(=O)N5C[C@@H](c6cc[nH]c(=O)c6)CC56CC6)N4C3=O)cc2c1. The molecule has 4 aromatic rings. The molecule has 0 radical (unpaired) electrons. The zero-order valence-electron chi connectivity index (χ0n) is 34.8. The fraction of sp³-hybridized carbons (Fsp3) is 0.457. The number of likely N-dealkylation sites (tertiary alicyclic amines) is 1. The van der Waals surface area contributed by atoms with E-state index in [0.29, 0.717) is 44.0 Å². The molecule has 1 aliphatic carbocycles. The van der Waals surface area contributed by atoms with E-state index in [1.54, 1.807) is 42.3 Å². The quantitative estimate of drug-likeness (QED) is 0.0919. The summed E-state index contributed by atoms with van der Waals surface area (Å²) in [6, 6.07) is 16.1. The van der Waals surface area contributed by atoms with Gasteiger partial charge in [0.1, 0.15) is 23.9 Å². The highest BCUT2D eigenvalue weighted by atomic mass is 31.2. The van der Waals surface area contributed by atoms with Gasteiger partial charge in [-0.15, -0.1) is 0 Å². The van der Waals surface area contributed by atoms with Gasteiger partial charge in [0.25, 0.3) is 5.91 Å². The highest BCUT2D eigenvalue weighted by Gasteiger charge is 2.59. The summed E-state index contributed by atoms with van der Waals surface area (Å²) in [5.41, 5.74) is -4.29. The van der Waals surface area contributed by atoms with Crippen molar-refractivity contribution in [3.05, 3.63) is 112 Å². The predicted octanol–water partition coefficient (Wildman–Crippen LogP) is 7.36. The van der Waals surface area contributed by atoms with Gasteiger partial charge in [0.15, 0.2) is 0 Å². The Bertz CT molecular complexity index is 2460. The van der Waals surface area contributed by atoms with Crippen molar-refractivity contribution in [1.82, 2.24) is 25.2 Å². The summed E-state index contributed by atoms with van der Waals surface area (Å²) in [5, 5.41) is 5.93. The Morgan fingerprint density at radius 1 is 0.952 bits per heavy atom. The van der Waals surface area contributed by atoms with Crippen molar-refractivity contribution >= 4 is 42.0 Å². The number of alkyl halides is 2. The van der Waals surface area contributed by atoms with Crippen LogP contribution in [0.4, 0.5) is 8.78 Å². The van der Waals surface area contributed by atoms with Crippen LogP contribution in [0.3, 0.4) is 0 Å². The number of aromatic amines is 1. The number of carbonyl (C=O) groups is 4. The number of carbonyl (C=O) groups excluding carboxylic acids is 4. The summed E-state index contributed by atoms with van der Waals surface area (Å²) in [7, 11) is -5.25. The van der Waals surface area contributed by atoms with E-state index >= 15 is 8.78 Å². The highest BCUT2D eigenvalue weighted by Crippen LogP contribution is 2.63. The van der Waals surface area contributed by atoms with E-state index in [0.717, 1.165) is 49.8 Å². The number of halogens is 2. The second kappa shape index (κ2) is 17.4. The van der Waals surface area contributed by atoms with E-state index < -0.39 is 48.7 Å². The molecule has 1 aromatic heterocycles. The number of esters is 1. The minimum Gasteiger partial charge on any atom is -0.465 e. The van der Waals surface area contributed by atoms with Crippen LogP contribution in [0.2, 0.25) is 0 Å². The molecule has 8 rings (SSSR count). The van der Waals surface area contributed by atoms with Gasteiger partial charge in [0.2, 0.25) is 17.4 Å². The summed E-state index contributed by atoms with van der Waals surface area (Å²) >= 11 is 0. The van der Waals surface area contributed by atoms with Gasteiger partial charge < -0.3 is 29.4 Å². The maximum Gasteiger partial charge on any atom is 0.390 e. The van der Waals surface area contributed by atoms with Crippen LogP contribution in [0.1, 0.15) is 105 Å². The number of hydrogen-bond acceptors (Lipinski definition) is 8. The Hall–Kier alpha value is -5.40. The van der Waals surface area contributed by atoms with Crippen molar-refractivity contribution in [2.45, 2.75) is 119 Å². The molecule has 13 nitrogen and oxygen atoms in total. The van der Waals surface area contributed by atoms with Gasteiger partial charge in [0.05, 0.1) is 6.61 Å². The third-order valence-corrected chi connectivity index (χ3v) is 15.0. The molecule has 4 fully saturated rings. The second-order valence-electron chi connectivity index (χ2n) is 17.2. The molecule has 3 aromatic carbocycles. The average molecular weight is 872 g/mol. The summed E-state index contributed by atoms with van der Waals surface area (Å²) in [6.45, 7) is 3.58. The number of amides is 3. The Morgan fingerprint density at radius 2 is 1.71 bits per heavy atom.